The molecule has 0 saturated carbocycles. The number of para-hydroxylation sites is 1. The zero-order chi connectivity index (χ0) is 26.4. The van der Waals surface area contributed by atoms with Crippen molar-refractivity contribution < 1.29 is 28.5 Å². The van der Waals surface area contributed by atoms with Gasteiger partial charge in [-0.1, -0.05) is 36.4 Å². The summed E-state index contributed by atoms with van der Waals surface area (Å²) in [5.74, 6) is -0.693. The van der Waals surface area contributed by atoms with Crippen LogP contribution in [0.15, 0.2) is 72.8 Å². The largest absolute Gasteiger partial charge is 0.493 e. The SMILES string of the molecule is COC(=O)c1c(-c2ccc(OCc3ccccc3C#N)c(OC)c2)nn(-c2ccccc2)c1C(=O)OC. The van der Waals surface area contributed by atoms with Crippen molar-refractivity contribution in [3.63, 3.8) is 0 Å². The van der Waals surface area contributed by atoms with Crippen LogP contribution < -0.4 is 9.47 Å². The van der Waals surface area contributed by atoms with Crippen molar-refractivity contribution in [2.75, 3.05) is 21.3 Å². The number of nitrogens with zero attached hydrogens (tertiary/aromatic N) is 3. The van der Waals surface area contributed by atoms with Gasteiger partial charge in [0.1, 0.15) is 17.9 Å². The van der Waals surface area contributed by atoms with E-state index in [0.717, 1.165) is 5.56 Å². The standard InChI is InChI=1S/C28H23N3O6/c1-34-23-15-18(13-14-22(23)37-17-20-10-8-7-9-19(20)16-29)25-24(27(32)35-2)26(28(33)36-3)31(30-25)21-11-5-4-6-12-21/h4-15H,17H2,1-3H3. The summed E-state index contributed by atoms with van der Waals surface area (Å²) in [7, 11) is 3.94. The molecule has 0 radical (unpaired) electrons. The first-order chi connectivity index (χ1) is 18.0. The van der Waals surface area contributed by atoms with Gasteiger partial charge in [-0.2, -0.15) is 10.4 Å². The van der Waals surface area contributed by atoms with Gasteiger partial charge >= 0.3 is 11.9 Å². The van der Waals surface area contributed by atoms with Gasteiger partial charge in [0.2, 0.25) is 0 Å². The summed E-state index contributed by atoms with van der Waals surface area (Å²) >= 11 is 0. The minimum atomic E-state index is -0.745. The normalized spacial score (nSPS) is 10.3. The minimum Gasteiger partial charge on any atom is -0.493 e. The molecule has 3 aromatic carbocycles. The van der Waals surface area contributed by atoms with Crippen LogP contribution in [0.1, 0.15) is 32.0 Å². The van der Waals surface area contributed by atoms with E-state index in [2.05, 4.69) is 11.2 Å². The highest BCUT2D eigenvalue weighted by Gasteiger charge is 2.31. The Hall–Kier alpha value is -5.10. The fourth-order valence-electron chi connectivity index (χ4n) is 3.80. The third kappa shape index (κ3) is 4.99. The van der Waals surface area contributed by atoms with E-state index in [4.69, 9.17) is 18.9 Å². The van der Waals surface area contributed by atoms with Gasteiger partial charge < -0.3 is 18.9 Å². The molecule has 0 fully saturated rings. The van der Waals surface area contributed by atoms with Crippen LogP contribution in [0.5, 0.6) is 11.5 Å². The molecular weight excluding hydrogens is 474 g/mol. The molecule has 0 aliphatic rings. The van der Waals surface area contributed by atoms with Crippen LogP contribution in [0.4, 0.5) is 0 Å². The van der Waals surface area contributed by atoms with Crippen LogP contribution in [0.3, 0.4) is 0 Å². The lowest BCUT2D eigenvalue weighted by Crippen LogP contribution is -2.15. The van der Waals surface area contributed by atoms with E-state index in [1.165, 1.54) is 26.0 Å². The van der Waals surface area contributed by atoms with E-state index in [1.807, 2.05) is 18.2 Å². The second kappa shape index (κ2) is 11.1. The molecule has 0 aliphatic heterocycles. The summed E-state index contributed by atoms with van der Waals surface area (Å²) in [6.45, 7) is 0.155. The molecule has 0 aliphatic carbocycles. The molecule has 0 unspecified atom stereocenters. The van der Waals surface area contributed by atoms with Crippen LogP contribution in [-0.2, 0) is 16.1 Å². The molecule has 4 rings (SSSR count). The Bertz CT molecular complexity index is 1490. The maximum atomic E-state index is 12.9. The Morgan fingerprint density at radius 2 is 1.59 bits per heavy atom. The van der Waals surface area contributed by atoms with Crippen molar-refractivity contribution >= 4 is 11.9 Å². The van der Waals surface area contributed by atoms with E-state index in [9.17, 15) is 14.9 Å². The number of carbonyl (C=O) groups is 2. The van der Waals surface area contributed by atoms with Gasteiger partial charge in [-0.05, 0) is 36.4 Å². The minimum absolute atomic E-state index is 0.0446. The first kappa shape index (κ1) is 25.0. The second-order valence-electron chi connectivity index (χ2n) is 7.73. The van der Waals surface area contributed by atoms with Gasteiger partial charge in [0, 0.05) is 11.1 Å². The lowest BCUT2D eigenvalue weighted by molar-refractivity contribution is 0.0549. The van der Waals surface area contributed by atoms with E-state index in [0.29, 0.717) is 28.3 Å². The molecule has 0 amide bonds. The van der Waals surface area contributed by atoms with Crippen molar-refractivity contribution in [2.45, 2.75) is 6.61 Å². The Kier molecular flexibility index (Phi) is 7.50. The summed E-state index contributed by atoms with van der Waals surface area (Å²) in [5.41, 5.74) is 2.39. The lowest BCUT2D eigenvalue weighted by atomic mass is 10.0. The van der Waals surface area contributed by atoms with Gasteiger partial charge in [-0.15, -0.1) is 0 Å². The smallest absolute Gasteiger partial charge is 0.357 e. The number of carbonyl (C=O) groups excluding carboxylic acids is 2. The van der Waals surface area contributed by atoms with Crippen molar-refractivity contribution in [1.29, 1.82) is 5.26 Å². The first-order valence-electron chi connectivity index (χ1n) is 11.2. The maximum absolute atomic E-state index is 12.9. The Morgan fingerprint density at radius 1 is 0.892 bits per heavy atom. The van der Waals surface area contributed by atoms with Gasteiger partial charge in [0.25, 0.3) is 0 Å². The van der Waals surface area contributed by atoms with Gasteiger partial charge in [0.05, 0.1) is 38.6 Å². The number of rotatable bonds is 8. The van der Waals surface area contributed by atoms with E-state index < -0.39 is 11.9 Å². The number of ether oxygens (including phenoxy) is 4. The van der Waals surface area contributed by atoms with Crippen molar-refractivity contribution in [3.8, 4) is 34.5 Å². The number of aromatic nitrogens is 2. The fourth-order valence-corrected chi connectivity index (χ4v) is 3.80. The number of methoxy groups -OCH3 is 3. The molecule has 0 N–H and O–H groups in total. The molecule has 0 atom stereocenters. The first-order valence-corrected chi connectivity index (χ1v) is 11.2. The third-order valence-corrected chi connectivity index (χ3v) is 5.61. The van der Waals surface area contributed by atoms with E-state index in [-0.39, 0.29) is 23.6 Å². The molecular formula is C28H23N3O6. The van der Waals surface area contributed by atoms with Gasteiger partial charge in [-0.25, -0.2) is 14.3 Å². The average molecular weight is 498 g/mol. The summed E-state index contributed by atoms with van der Waals surface area (Å²) in [4.78, 5) is 25.7. The molecule has 0 bridgehead atoms. The van der Waals surface area contributed by atoms with E-state index in [1.54, 1.807) is 54.6 Å². The molecule has 9 nitrogen and oxygen atoms in total. The van der Waals surface area contributed by atoms with Gasteiger partial charge in [-0.3, -0.25) is 0 Å². The molecule has 37 heavy (non-hydrogen) atoms. The Morgan fingerprint density at radius 3 is 2.27 bits per heavy atom. The number of nitriles is 1. The quantitative estimate of drug-likeness (QED) is 0.325. The van der Waals surface area contributed by atoms with Crippen LogP contribution >= 0.6 is 0 Å². The van der Waals surface area contributed by atoms with Crippen LogP contribution in [-0.4, -0.2) is 43.0 Å². The highest BCUT2D eigenvalue weighted by Crippen LogP contribution is 2.36. The van der Waals surface area contributed by atoms with Crippen molar-refractivity contribution in [2.24, 2.45) is 0 Å². The lowest BCUT2D eigenvalue weighted by Gasteiger charge is -2.13. The summed E-state index contributed by atoms with van der Waals surface area (Å²) in [6.07, 6.45) is 0. The predicted molar refractivity (Wildman–Crippen MR) is 134 cm³/mol. The van der Waals surface area contributed by atoms with Crippen LogP contribution in [0.2, 0.25) is 0 Å². The predicted octanol–water partition coefficient (Wildman–Crippen LogP) is 4.57. The summed E-state index contributed by atoms with van der Waals surface area (Å²) in [5, 5.41) is 13.9. The highest BCUT2D eigenvalue weighted by molar-refractivity contribution is 6.06. The zero-order valence-electron chi connectivity index (χ0n) is 20.4. The highest BCUT2D eigenvalue weighted by atomic mass is 16.5. The fraction of sp³-hybridized carbons (Fsp3) is 0.143. The average Bonchev–Trinajstić information content (AvgIpc) is 3.36. The van der Waals surface area contributed by atoms with Gasteiger partial charge in [0.15, 0.2) is 17.2 Å². The van der Waals surface area contributed by atoms with Crippen molar-refractivity contribution in [3.05, 3.63) is 95.2 Å². The number of esters is 2. The van der Waals surface area contributed by atoms with Crippen molar-refractivity contribution in [1.82, 2.24) is 9.78 Å². The molecule has 1 aromatic heterocycles. The Labute approximate surface area is 213 Å². The third-order valence-electron chi connectivity index (χ3n) is 5.61. The van der Waals surface area contributed by atoms with Crippen LogP contribution in [0.25, 0.3) is 16.9 Å². The molecule has 9 heteroatoms. The molecule has 186 valence electrons. The van der Waals surface area contributed by atoms with Crippen LogP contribution in [0, 0.1) is 11.3 Å². The molecule has 1 heterocycles. The maximum Gasteiger partial charge on any atom is 0.357 e. The summed E-state index contributed by atoms with van der Waals surface area (Å²) in [6, 6.07) is 23.2. The number of benzene rings is 3. The summed E-state index contributed by atoms with van der Waals surface area (Å²) < 4.78 is 22.8. The monoisotopic (exact) mass is 497 g/mol. The Balaban J connectivity index is 1.80. The number of hydrogen-bond donors (Lipinski definition) is 0. The molecule has 0 spiro atoms. The topological polar surface area (TPSA) is 113 Å². The second-order valence-corrected chi connectivity index (χ2v) is 7.73. The van der Waals surface area contributed by atoms with E-state index >= 15 is 0 Å². The number of hydrogen-bond acceptors (Lipinski definition) is 8. The zero-order valence-corrected chi connectivity index (χ0v) is 20.4. The molecule has 4 aromatic rings. The molecule has 0 saturated heterocycles.